The SMILES string of the molecule is CC1CCCC(Nc2c(N)n(C)c(=O)[nH]c2=O)CC1. The van der Waals surface area contributed by atoms with E-state index in [1.54, 1.807) is 7.05 Å². The number of nitrogen functional groups attached to an aromatic ring is 1. The first kappa shape index (κ1) is 13.7. The van der Waals surface area contributed by atoms with E-state index in [9.17, 15) is 9.59 Å². The van der Waals surface area contributed by atoms with Crippen LogP contribution in [0.1, 0.15) is 39.0 Å². The minimum atomic E-state index is -0.484. The van der Waals surface area contributed by atoms with Gasteiger partial charge in [-0.25, -0.2) is 4.79 Å². The van der Waals surface area contributed by atoms with Crippen molar-refractivity contribution in [3.63, 3.8) is 0 Å². The van der Waals surface area contributed by atoms with Crippen molar-refractivity contribution < 1.29 is 0 Å². The smallest absolute Gasteiger partial charge is 0.329 e. The van der Waals surface area contributed by atoms with Gasteiger partial charge >= 0.3 is 5.69 Å². The van der Waals surface area contributed by atoms with Crippen molar-refractivity contribution in [1.29, 1.82) is 0 Å². The number of aromatic nitrogens is 2. The highest BCUT2D eigenvalue weighted by Crippen LogP contribution is 2.25. The second-order valence-electron chi connectivity index (χ2n) is 5.53. The standard InChI is InChI=1S/C13H22N4O2/c1-8-4-3-5-9(7-6-8)15-10-11(14)17(2)13(19)16-12(10)18/h8-9,15H,3-7,14H2,1-2H3,(H,16,18,19). The highest BCUT2D eigenvalue weighted by molar-refractivity contribution is 5.60. The third kappa shape index (κ3) is 3.00. The maximum absolute atomic E-state index is 11.8. The average molecular weight is 266 g/mol. The molecule has 1 aromatic heterocycles. The fraction of sp³-hybridized carbons (Fsp3) is 0.692. The van der Waals surface area contributed by atoms with Crippen molar-refractivity contribution in [3.8, 4) is 0 Å². The van der Waals surface area contributed by atoms with Crippen LogP contribution in [0.5, 0.6) is 0 Å². The van der Waals surface area contributed by atoms with Crippen LogP contribution in [0.15, 0.2) is 9.59 Å². The van der Waals surface area contributed by atoms with Crippen molar-refractivity contribution in [2.24, 2.45) is 13.0 Å². The zero-order valence-electron chi connectivity index (χ0n) is 11.5. The molecule has 4 N–H and O–H groups in total. The largest absolute Gasteiger partial charge is 0.383 e. The molecule has 1 heterocycles. The van der Waals surface area contributed by atoms with E-state index >= 15 is 0 Å². The lowest BCUT2D eigenvalue weighted by molar-refractivity contribution is 0.502. The van der Waals surface area contributed by atoms with Crippen molar-refractivity contribution in [1.82, 2.24) is 9.55 Å². The molecule has 2 unspecified atom stereocenters. The topological polar surface area (TPSA) is 92.9 Å². The van der Waals surface area contributed by atoms with Crippen LogP contribution in [0, 0.1) is 5.92 Å². The third-order valence-electron chi connectivity index (χ3n) is 3.98. The highest BCUT2D eigenvalue weighted by atomic mass is 16.2. The Kier molecular flexibility index (Phi) is 3.97. The Morgan fingerprint density at radius 3 is 2.74 bits per heavy atom. The predicted molar refractivity (Wildman–Crippen MR) is 76.4 cm³/mol. The minimum Gasteiger partial charge on any atom is -0.383 e. The van der Waals surface area contributed by atoms with Crippen LogP contribution in [0.3, 0.4) is 0 Å². The lowest BCUT2D eigenvalue weighted by Crippen LogP contribution is -2.34. The van der Waals surface area contributed by atoms with Crippen molar-refractivity contribution in [3.05, 3.63) is 20.8 Å². The summed E-state index contributed by atoms with van der Waals surface area (Å²) in [7, 11) is 1.55. The highest BCUT2D eigenvalue weighted by Gasteiger charge is 2.19. The maximum Gasteiger partial charge on any atom is 0.329 e. The summed E-state index contributed by atoms with van der Waals surface area (Å²) in [6.07, 6.45) is 5.61. The molecular weight excluding hydrogens is 244 g/mol. The van der Waals surface area contributed by atoms with Gasteiger partial charge in [-0.05, 0) is 25.2 Å². The molecule has 0 bridgehead atoms. The zero-order chi connectivity index (χ0) is 14.0. The van der Waals surface area contributed by atoms with Gasteiger partial charge < -0.3 is 11.1 Å². The molecule has 6 heteroatoms. The number of anilines is 2. The van der Waals surface area contributed by atoms with E-state index in [-0.39, 0.29) is 11.9 Å². The van der Waals surface area contributed by atoms with Crippen LogP contribution in [0.25, 0.3) is 0 Å². The van der Waals surface area contributed by atoms with Gasteiger partial charge in [0.1, 0.15) is 11.5 Å². The summed E-state index contributed by atoms with van der Waals surface area (Å²) >= 11 is 0. The molecule has 0 spiro atoms. The molecule has 1 aliphatic carbocycles. The monoisotopic (exact) mass is 266 g/mol. The van der Waals surface area contributed by atoms with E-state index < -0.39 is 11.2 Å². The van der Waals surface area contributed by atoms with Gasteiger partial charge in [0.2, 0.25) is 0 Å². The number of nitrogens with zero attached hydrogens (tertiary/aromatic N) is 1. The second-order valence-corrected chi connectivity index (χ2v) is 5.53. The Morgan fingerprint density at radius 2 is 2.00 bits per heavy atom. The molecule has 19 heavy (non-hydrogen) atoms. The molecule has 2 atom stereocenters. The molecule has 2 rings (SSSR count). The summed E-state index contributed by atoms with van der Waals surface area (Å²) in [5.41, 5.74) is 5.25. The summed E-state index contributed by atoms with van der Waals surface area (Å²) in [6, 6.07) is 0.255. The fourth-order valence-corrected chi connectivity index (χ4v) is 2.61. The first-order valence-corrected chi connectivity index (χ1v) is 6.84. The van der Waals surface area contributed by atoms with Gasteiger partial charge in [0.05, 0.1) is 0 Å². The lowest BCUT2D eigenvalue weighted by atomic mass is 10.0. The molecule has 6 nitrogen and oxygen atoms in total. The van der Waals surface area contributed by atoms with E-state index in [0.717, 1.165) is 31.6 Å². The average Bonchev–Trinajstić information content (AvgIpc) is 2.57. The molecule has 1 aromatic rings. The number of rotatable bonds is 2. The van der Waals surface area contributed by atoms with Gasteiger partial charge in [-0.15, -0.1) is 0 Å². The Bertz CT molecular complexity index is 561. The summed E-state index contributed by atoms with van der Waals surface area (Å²) in [5.74, 6) is 0.939. The van der Waals surface area contributed by atoms with Gasteiger partial charge in [0.15, 0.2) is 0 Å². The third-order valence-corrected chi connectivity index (χ3v) is 3.98. The van der Waals surface area contributed by atoms with E-state index in [0.29, 0.717) is 5.69 Å². The van der Waals surface area contributed by atoms with Crippen LogP contribution in [0.2, 0.25) is 0 Å². The number of nitrogens with two attached hydrogens (primary N) is 1. The Labute approximate surface area is 112 Å². The van der Waals surface area contributed by atoms with Crippen LogP contribution in [-0.2, 0) is 7.05 Å². The molecular formula is C13H22N4O2. The second kappa shape index (κ2) is 5.50. The first-order valence-electron chi connectivity index (χ1n) is 6.84. The number of hydrogen-bond donors (Lipinski definition) is 3. The first-order chi connectivity index (χ1) is 8.99. The number of aromatic amines is 1. The van der Waals surface area contributed by atoms with Gasteiger partial charge in [-0.3, -0.25) is 14.3 Å². The minimum absolute atomic E-state index is 0.200. The normalized spacial score (nSPS) is 23.9. The molecule has 1 fully saturated rings. The summed E-state index contributed by atoms with van der Waals surface area (Å²) in [6.45, 7) is 2.26. The molecule has 0 radical (unpaired) electrons. The molecule has 1 saturated carbocycles. The van der Waals surface area contributed by atoms with Gasteiger partial charge in [-0.1, -0.05) is 19.8 Å². The number of nitrogens with one attached hydrogen (secondary N) is 2. The Hall–Kier alpha value is -1.72. The summed E-state index contributed by atoms with van der Waals surface area (Å²) in [5, 5.41) is 3.22. The number of hydrogen-bond acceptors (Lipinski definition) is 4. The molecule has 0 saturated heterocycles. The van der Waals surface area contributed by atoms with E-state index in [1.165, 1.54) is 11.0 Å². The Balaban J connectivity index is 2.22. The quantitative estimate of drug-likeness (QED) is 0.697. The van der Waals surface area contributed by atoms with E-state index in [2.05, 4.69) is 17.2 Å². The Morgan fingerprint density at radius 1 is 1.26 bits per heavy atom. The van der Waals surface area contributed by atoms with E-state index in [4.69, 9.17) is 5.73 Å². The zero-order valence-corrected chi connectivity index (χ0v) is 11.5. The molecule has 106 valence electrons. The van der Waals surface area contributed by atoms with Crippen LogP contribution in [-0.4, -0.2) is 15.6 Å². The molecule has 0 aromatic carbocycles. The summed E-state index contributed by atoms with van der Waals surface area (Å²) in [4.78, 5) is 25.5. The molecule has 1 aliphatic rings. The molecule has 0 aliphatic heterocycles. The van der Waals surface area contributed by atoms with E-state index in [1.807, 2.05) is 0 Å². The van der Waals surface area contributed by atoms with Crippen molar-refractivity contribution in [2.75, 3.05) is 11.1 Å². The van der Waals surface area contributed by atoms with Gasteiger partial charge in [0, 0.05) is 13.1 Å². The van der Waals surface area contributed by atoms with Crippen LogP contribution < -0.4 is 22.3 Å². The predicted octanol–water partition coefficient (Wildman–Crippen LogP) is 1.04. The van der Waals surface area contributed by atoms with Crippen molar-refractivity contribution in [2.45, 2.75) is 45.1 Å². The van der Waals surface area contributed by atoms with Gasteiger partial charge in [-0.2, -0.15) is 0 Å². The molecule has 0 amide bonds. The summed E-state index contributed by atoms with van der Waals surface area (Å²) < 4.78 is 1.25. The lowest BCUT2D eigenvalue weighted by Gasteiger charge is -2.19. The fourth-order valence-electron chi connectivity index (χ4n) is 2.61. The van der Waals surface area contributed by atoms with Crippen molar-refractivity contribution >= 4 is 11.5 Å². The number of H-pyrrole nitrogens is 1. The van der Waals surface area contributed by atoms with Gasteiger partial charge in [0.25, 0.3) is 5.56 Å². The van der Waals surface area contributed by atoms with Crippen LogP contribution >= 0.6 is 0 Å². The van der Waals surface area contributed by atoms with Crippen LogP contribution in [0.4, 0.5) is 11.5 Å². The maximum atomic E-state index is 11.8.